The molecule has 2 aromatic rings. The minimum atomic E-state index is 0.0220. The van der Waals surface area contributed by atoms with Crippen LogP contribution in [0.25, 0.3) is 0 Å². The molecule has 0 radical (unpaired) electrons. The number of para-hydroxylation sites is 1. The summed E-state index contributed by atoms with van der Waals surface area (Å²) in [6, 6.07) is 8.58. The highest BCUT2D eigenvalue weighted by Crippen LogP contribution is 2.26. The summed E-state index contributed by atoms with van der Waals surface area (Å²) in [4.78, 5) is 16.8. The van der Waals surface area contributed by atoms with Gasteiger partial charge in [0.15, 0.2) is 5.69 Å². The van der Waals surface area contributed by atoms with Crippen molar-refractivity contribution in [1.82, 2.24) is 24.8 Å². The summed E-state index contributed by atoms with van der Waals surface area (Å²) in [5, 5.41) is 8.41. The Balaban J connectivity index is 1.33. The molecule has 0 N–H and O–H groups in total. The summed E-state index contributed by atoms with van der Waals surface area (Å²) in [6.07, 6.45) is 6.04. The second kappa shape index (κ2) is 8.73. The van der Waals surface area contributed by atoms with Gasteiger partial charge < -0.3 is 9.64 Å². The monoisotopic (exact) mass is 383 g/mol. The van der Waals surface area contributed by atoms with Crippen molar-refractivity contribution >= 4 is 5.91 Å². The maximum Gasteiger partial charge on any atom is 0.276 e. The summed E-state index contributed by atoms with van der Waals surface area (Å²) in [7, 11) is 0. The lowest BCUT2D eigenvalue weighted by Crippen LogP contribution is -2.34. The van der Waals surface area contributed by atoms with E-state index in [2.05, 4.69) is 27.3 Å². The van der Waals surface area contributed by atoms with Crippen molar-refractivity contribution in [3.63, 3.8) is 0 Å². The molecule has 0 saturated carbocycles. The molecule has 1 aromatic carbocycles. The molecule has 0 aliphatic carbocycles. The van der Waals surface area contributed by atoms with Crippen LogP contribution in [-0.2, 0) is 6.54 Å². The summed E-state index contributed by atoms with van der Waals surface area (Å²) in [6.45, 7) is 7.29. The first-order valence-corrected chi connectivity index (χ1v) is 10.4. The van der Waals surface area contributed by atoms with Crippen molar-refractivity contribution in [3.05, 3.63) is 41.7 Å². The van der Waals surface area contributed by atoms with Crippen LogP contribution in [0.3, 0.4) is 0 Å². The summed E-state index contributed by atoms with van der Waals surface area (Å²) < 4.78 is 7.65. The van der Waals surface area contributed by atoms with Gasteiger partial charge in [0.2, 0.25) is 0 Å². The van der Waals surface area contributed by atoms with E-state index in [0.717, 1.165) is 64.2 Å². The Hall–Kier alpha value is -2.41. The maximum absolute atomic E-state index is 12.5. The van der Waals surface area contributed by atoms with Crippen LogP contribution in [0, 0.1) is 0 Å². The van der Waals surface area contributed by atoms with Gasteiger partial charge >= 0.3 is 0 Å². The third-order valence-corrected chi connectivity index (χ3v) is 5.72. The van der Waals surface area contributed by atoms with Crippen LogP contribution in [0.5, 0.6) is 5.75 Å². The maximum atomic E-state index is 12.5. The van der Waals surface area contributed by atoms with Gasteiger partial charge in [0.1, 0.15) is 5.75 Å². The molecule has 2 aliphatic rings. The summed E-state index contributed by atoms with van der Waals surface area (Å²) in [5.74, 6) is 1.00. The zero-order valence-corrected chi connectivity index (χ0v) is 16.6. The second-order valence-corrected chi connectivity index (χ2v) is 7.63. The van der Waals surface area contributed by atoms with Gasteiger partial charge in [-0.3, -0.25) is 9.69 Å². The van der Waals surface area contributed by atoms with Crippen LogP contribution < -0.4 is 4.74 Å². The molecule has 2 saturated heterocycles. The first kappa shape index (κ1) is 18.9. The third-order valence-electron chi connectivity index (χ3n) is 5.72. The molecule has 0 bridgehead atoms. The van der Waals surface area contributed by atoms with Crippen LogP contribution in [0.15, 0.2) is 30.5 Å². The van der Waals surface area contributed by atoms with E-state index in [1.807, 2.05) is 34.8 Å². The molecular formula is C21H29N5O2. The number of likely N-dealkylation sites (tertiary alicyclic amines) is 2. The average molecular weight is 383 g/mol. The number of hydrogen-bond donors (Lipinski definition) is 0. The van der Waals surface area contributed by atoms with Crippen LogP contribution in [0.4, 0.5) is 0 Å². The number of nitrogens with zero attached hydrogens (tertiary/aromatic N) is 5. The molecule has 0 atom stereocenters. The van der Waals surface area contributed by atoms with E-state index in [4.69, 9.17) is 4.74 Å². The van der Waals surface area contributed by atoms with Crippen molar-refractivity contribution in [1.29, 1.82) is 0 Å². The number of ether oxygens (including phenoxy) is 1. The van der Waals surface area contributed by atoms with Crippen LogP contribution in [-0.4, -0.2) is 63.5 Å². The Labute approximate surface area is 166 Å². The number of hydrogen-bond acceptors (Lipinski definition) is 5. The molecule has 7 heteroatoms. The standard InChI is InChI=1S/C21H29N5O2/c1-2-28-20-8-4-3-7-17(20)15-24-13-9-18(10-14-24)26-16-19(22-23-26)21(27)25-11-5-6-12-25/h3-4,7-8,16,18H,2,5-6,9-15H2,1H3. The normalized spacial score (nSPS) is 18.5. The average Bonchev–Trinajstić information content (AvgIpc) is 3.42. The third kappa shape index (κ3) is 4.19. The highest BCUT2D eigenvalue weighted by molar-refractivity contribution is 5.92. The molecule has 1 aromatic heterocycles. The lowest BCUT2D eigenvalue weighted by Gasteiger charge is -2.32. The predicted molar refractivity (Wildman–Crippen MR) is 106 cm³/mol. The fourth-order valence-electron chi connectivity index (χ4n) is 4.15. The summed E-state index contributed by atoms with van der Waals surface area (Å²) in [5.41, 5.74) is 1.72. The van der Waals surface area contributed by atoms with E-state index in [-0.39, 0.29) is 5.91 Å². The highest BCUT2D eigenvalue weighted by atomic mass is 16.5. The lowest BCUT2D eigenvalue weighted by molar-refractivity contribution is 0.0787. The number of piperidine rings is 1. The number of rotatable bonds is 6. The van der Waals surface area contributed by atoms with E-state index in [1.165, 1.54) is 5.56 Å². The molecule has 3 heterocycles. The highest BCUT2D eigenvalue weighted by Gasteiger charge is 2.26. The largest absolute Gasteiger partial charge is 0.494 e. The molecule has 0 spiro atoms. The van der Waals surface area contributed by atoms with Crippen molar-refractivity contribution in [2.45, 2.75) is 45.2 Å². The molecular weight excluding hydrogens is 354 g/mol. The van der Waals surface area contributed by atoms with Gasteiger partial charge in [0, 0.05) is 38.3 Å². The minimum absolute atomic E-state index is 0.0220. The second-order valence-electron chi connectivity index (χ2n) is 7.63. The number of aromatic nitrogens is 3. The van der Waals surface area contributed by atoms with Gasteiger partial charge in [0.05, 0.1) is 18.8 Å². The predicted octanol–water partition coefficient (Wildman–Crippen LogP) is 2.75. The van der Waals surface area contributed by atoms with E-state index < -0.39 is 0 Å². The molecule has 7 nitrogen and oxygen atoms in total. The van der Waals surface area contributed by atoms with Crippen molar-refractivity contribution in [3.8, 4) is 5.75 Å². The number of benzene rings is 1. The Morgan fingerprint density at radius 3 is 2.64 bits per heavy atom. The Bertz CT molecular complexity index is 792. The van der Waals surface area contributed by atoms with Crippen LogP contribution in [0.1, 0.15) is 54.7 Å². The Morgan fingerprint density at radius 2 is 1.89 bits per heavy atom. The van der Waals surface area contributed by atoms with E-state index >= 15 is 0 Å². The fourth-order valence-corrected chi connectivity index (χ4v) is 4.15. The first-order valence-electron chi connectivity index (χ1n) is 10.4. The zero-order chi connectivity index (χ0) is 19.3. The lowest BCUT2D eigenvalue weighted by atomic mass is 10.0. The Morgan fingerprint density at radius 1 is 1.14 bits per heavy atom. The molecule has 4 rings (SSSR count). The van der Waals surface area contributed by atoms with E-state index in [9.17, 15) is 4.79 Å². The van der Waals surface area contributed by atoms with E-state index in [1.54, 1.807) is 0 Å². The zero-order valence-electron chi connectivity index (χ0n) is 16.6. The quantitative estimate of drug-likeness (QED) is 0.768. The molecule has 0 unspecified atom stereocenters. The SMILES string of the molecule is CCOc1ccccc1CN1CCC(n2cc(C(=O)N3CCCC3)nn2)CC1. The fraction of sp³-hybridized carbons (Fsp3) is 0.571. The first-order chi connectivity index (χ1) is 13.7. The number of amides is 1. The van der Waals surface area contributed by atoms with Crippen molar-refractivity contribution < 1.29 is 9.53 Å². The van der Waals surface area contributed by atoms with Gasteiger partial charge in [-0.1, -0.05) is 23.4 Å². The van der Waals surface area contributed by atoms with Crippen LogP contribution >= 0.6 is 0 Å². The van der Waals surface area contributed by atoms with Gasteiger partial charge in [-0.2, -0.15) is 0 Å². The minimum Gasteiger partial charge on any atom is -0.494 e. The molecule has 2 aliphatic heterocycles. The van der Waals surface area contributed by atoms with Crippen molar-refractivity contribution in [2.24, 2.45) is 0 Å². The molecule has 1 amide bonds. The van der Waals surface area contributed by atoms with Gasteiger partial charge in [-0.05, 0) is 38.7 Å². The molecule has 28 heavy (non-hydrogen) atoms. The van der Waals surface area contributed by atoms with Gasteiger partial charge in [0.25, 0.3) is 5.91 Å². The Kier molecular flexibility index (Phi) is 5.90. The smallest absolute Gasteiger partial charge is 0.276 e. The van der Waals surface area contributed by atoms with E-state index in [0.29, 0.717) is 18.3 Å². The molecule has 150 valence electrons. The van der Waals surface area contributed by atoms with Gasteiger partial charge in [-0.15, -0.1) is 5.10 Å². The van der Waals surface area contributed by atoms with Crippen LogP contribution in [0.2, 0.25) is 0 Å². The topological polar surface area (TPSA) is 63.5 Å². The summed E-state index contributed by atoms with van der Waals surface area (Å²) >= 11 is 0. The van der Waals surface area contributed by atoms with Crippen molar-refractivity contribution in [2.75, 3.05) is 32.8 Å². The number of carbonyl (C=O) groups is 1. The molecule has 2 fully saturated rings. The van der Waals surface area contributed by atoms with Gasteiger partial charge in [-0.25, -0.2) is 4.68 Å². The number of carbonyl (C=O) groups excluding carboxylic acids is 1.